The summed E-state index contributed by atoms with van der Waals surface area (Å²) in [5.41, 5.74) is 1.20. The molecule has 0 fully saturated rings. The van der Waals surface area contributed by atoms with Crippen molar-refractivity contribution in [1.29, 1.82) is 0 Å². The van der Waals surface area contributed by atoms with Crippen molar-refractivity contribution in [3.63, 3.8) is 0 Å². The Morgan fingerprint density at radius 2 is 2.00 bits per heavy atom. The van der Waals surface area contributed by atoms with Gasteiger partial charge in [-0.25, -0.2) is 0 Å². The van der Waals surface area contributed by atoms with Gasteiger partial charge < -0.3 is 4.42 Å². The van der Waals surface area contributed by atoms with Crippen LogP contribution in [0.1, 0.15) is 16.1 Å². The molecule has 82 valence electrons. The Morgan fingerprint density at radius 1 is 1.12 bits per heavy atom. The second-order valence-electron chi connectivity index (χ2n) is 3.58. The van der Waals surface area contributed by atoms with Gasteiger partial charge in [0, 0.05) is 5.39 Å². The highest BCUT2D eigenvalue weighted by atomic mass is 16.3. The van der Waals surface area contributed by atoms with Gasteiger partial charge in [-0.05, 0) is 18.2 Å². The second-order valence-corrected chi connectivity index (χ2v) is 3.58. The number of carbonyl (C=O) groups is 1. The Balaban J connectivity index is 2.21. The monoisotopic (exact) mass is 224 g/mol. The minimum atomic E-state index is -0.180. The quantitative estimate of drug-likeness (QED) is 0.627. The Morgan fingerprint density at radius 3 is 2.82 bits per heavy atom. The topological polar surface area (TPSA) is 56.0 Å². The zero-order valence-electron chi connectivity index (χ0n) is 8.83. The van der Waals surface area contributed by atoms with Gasteiger partial charge in [0.2, 0.25) is 5.78 Å². The van der Waals surface area contributed by atoms with E-state index in [4.69, 9.17) is 4.42 Å². The lowest BCUT2D eigenvalue weighted by Gasteiger charge is -2.01. The van der Waals surface area contributed by atoms with E-state index in [1.165, 1.54) is 12.5 Å². The van der Waals surface area contributed by atoms with Crippen LogP contribution >= 0.6 is 0 Å². The first-order valence-electron chi connectivity index (χ1n) is 5.15. The Kier molecular flexibility index (Phi) is 2.19. The van der Waals surface area contributed by atoms with Crippen LogP contribution in [0.3, 0.4) is 0 Å². The van der Waals surface area contributed by atoms with Crippen molar-refractivity contribution in [3.05, 3.63) is 60.2 Å². The lowest BCUT2D eigenvalue weighted by Crippen LogP contribution is -2.02. The highest BCUT2D eigenvalue weighted by Crippen LogP contribution is 2.18. The third kappa shape index (κ3) is 1.59. The van der Waals surface area contributed by atoms with E-state index in [0.717, 1.165) is 5.39 Å². The SMILES string of the molecule is O=C(c1ccco1)c1cnnc2ccccc12. The van der Waals surface area contributed by atoms with E-state index in [0.29, 0.717) is 16.8 Å². The Hall–Kier alpha value is -2.49. The summed E-state index contributed by atoms with van der Waals surface area (Å²) >= 11 is 0. The molecule has 4 heteroatoms. The summed E-state index contributed by atoms with van der Waals surface area (Å²) in [7, 11) is 0. The predicted molar refractivity (Wildman–Crippen MR) is 61.7 cm³/mol. The van der Waals surface area contributed by atoms with Crippen molar-refractivity contribution in [3.8, 4) is 0 Å². The minimum absolute atomic E-state index is 0.180. The molecule has 4 nitrogen and oxygen atoms in total. The lowest BCUT2D eigenvalue weighted by molar-refractivity contribution is 0.101. The molecule has 0 saturated heterocycles. The summed E-state index contributed by atoms with van der Waals surface area (Å²) in [4.78, 5) is 12.2. The number of benzene rings is 1. The Labute approximate surface area is 96.9 Å². The van der Waals surface area contributed by atoms with Crippen LogP contribution in [0.5, 0.6) is 0 Å². The van der Waals surface area contributed by atoms with Crippen LogP contribution in [0.15, 0.2) is 53.3 Å². The molecule has 0 spiro atoms. The molecule has 0 amide bonds. The molecule has 0 radical (unpaired) electrons. The first kappa shape index (κ1) is 9.72. The molecule has 2 heterocycles. The van der Waals surface area contributed by atoms with Crippen molar-refractivity contribution in [2.24, 2.45) is 0 Å². The van der Waals surface area contributed by atoms with Gasteiger partial charge in [0.1, 0.15) is 0 Å². The van der Waals surface area contributed by atoms with Gasteiger partial charge in [-0.15, -0.1) is 0 Å². The van der Waals surface area contributed by atoms with Crippen molar-refractivity contribution >= 4 is 16.7 Å². The summed E-state index contributed by atoms with van der Waals surface area (Å²) in [6.45, 7) is 0. The highest BCUT2D eigenvalue weighted by Gasteiger charge is 2.15. The predicted octanol–water partition coefficient (Wildman–Crippen LogP) is 2.45. The van der Waals surface area contributed by atoms with Crippen molar-refractivity contribution in [1.82, 2.24) is 10.2 Å². The van der Waals surface area contributed by atoms with Gasteiger partial charge in [-0.1, -0.05) is 18.2 Å². The van der Waals surface area contributed by atoms with Crippen LogP contribution in [0.25, 0.3) is 10.9 Å². The van der Waals surface area contributed by atoms with Crippen LogP contribution in [0.2, 0.25) is 0 Å². The molecule has 3 aromatic rings. The summed E-state index contributed by atoms with van der Waals surface area (Å²) in [5.74, 6) is 0.129. The maximum absolute atomic E-state index is 12.2. The van der Waals surface area contributed by atoms with E-state index >= 15 is 0 Å². The number of hydrogen-bond acceptors (Lipinski definition) is 4. The number of rotatable bonds is 2. The number of aromatic nitrogens is 2. The number of ketones is 1. The molecule has 3 rings (SSSR count). The largest absolute Gasteiger partial charge is 0.461 e. The molecular weight excluding hydrogens is 216 g/mol. The molecule has 0 N–H and O–H groups in total. The van der Waals surface area contributed by atoms with E-state index in [-0.39, 0.29) is 5.78 Å². The maximum atomic E-state index is 12.2. The van der Waals surface area contributed by atoms with Crippen LogP contribution in [0, 0.1) is 0 Å². The molecule has 0 atom stereocenters. The zero-order chi connectivity index (χ0) is 11.7. The first-order valence-corrected chi connectivity index (χ1v) is 5.15. The van der Waals surface area contributed by atoms with Gasteiger partial charge in [-0.3, -0.25) is 4.79 Å². The number of nitrogens with zero attached hydrogens (tertiary/aromatic N) is 2. The maximum Gasteiger partial charge on any atom is 0.230 e. The van der Waals surface area contributed by atoms with Crippen LogP contribution < -0.4 is 0 Å². The average Bonchev–Trinajstić information content (AvgIpc) is 2.91. The van der Waals surface area contributed by atoms with Crippen LogP contribution in [-0.4, -0.2) is 16.0 Å². The van der Waals surface area contributed by atoms with E-state index < -0.39 is 0 Å². The third-order valence-electron chi connectivity index (χ3n) is 2.54. The van der Waals surface area contributed by atoms with Gasteiger partial charge >= 0.3 is 0 Å². The smallest absolute Gasteiger partial charge is 0.230 e. The first-order chi connectivity index (χ1) is 8.36. The second kappa shape index (κ2) is 3.83. The fourth-order valence-electron chi connectivity index (χ4n) is 1.73. The van der Waals surface area contributed by atoms with Crippen LogP contribution in [0.4, 0.5) is 0 Å². The van der Waals surface area contributed by atoms with Crippen molar-refractivity contribution < 1.29 is 9.21 Å². The molecule has 0 aliphatic heterocycles. The van der Waals surface area contributed by atoms with E-state index in [9.17, 15) is 4.79 Å². The number of hydrogen-bond donors (Lipinski definition) is 0. The van der Waals surface area contributed by atoms with Crippen molar-refractivity contribution in [2.45, 2.75) is 0 Å². The molecule has 0 unspecified atom stereocenters. The van der Waals surface area contributed by atoms with Crippen molar-refractivity contribution in [2.75, 3.05) is 0 Å². The van der Waals surface area contributed by atoms with Gasteiger partial charge in [0.05, 0.1) is 23.5 Å². The molecule has 0 saturated carbocycles. The fraction of sp³-hybridized carbons (Fsp3) is 0. The molecule has 17 heavy (non-hydrogen) atoms. The Bertz CT molecular complexity index is 669. The summed E-state index contributed by atoms with van der Waals surface area (Å²) < 4.78 is 5.10. The van der Waals surface area contributed by atoms with Gasteiger partial charge in [0.15, 0.2) is 5.76 Å². The molecule has 1 aromatic carbocycles. The summed E-state index contributed by atoms with van der Waals surface area (Å²) in [6, 6.07) is 10.7. The van der Waals surface area contributed by atoms with Gasteiger partial charge in [-0.2, -0.15) is 10.2 Å². The van der Waals surface area contributed by atoms with E-state index in [2.05, 4.69) is 10.2 Å². The molecule has 0 aliphatic rings. The third-order valence-corrected chi connectivity index (χ3v) is 2.54. The molecular formula is C13H8N2O2. The van der Waals surface area contributed by atoms with E-state index in [1.54, 1.807) is 12.1 Å². The number of furan rings is 1. The normalized spacial score (nSPS) is 10.6. The fourth-order valence-corrected chi connectivity index (χ4v) is 1.73. The molecule has 2 aromatic heterocycles. The highest BCUT2D eigenvalue weighted by molar-refractivity contribution is 6.14. The standard InChI is InChI=1S/C13H8N2O2/c16-13(12-6-3-7-17-12)10-8-14-15-11-5-2-1-4-9(10)11/h1-8H. The zero-order valence-corrected chi connectivity index (χ0v) is 8.83. The summed E-state index contributed by atoms with van der Waals surface area (Å²) in [6.07, 6.45) is 2.94. The van der Waals surface area contributed by atoms with Gasteiger partial charge in [0.25, 0.3) is 0 Å². The lowest BCUT2D eigenvalue weighted by atomic mass is 10.1. The number of fused-ring (bicyclic) bond motifs is 1. The average molecular weight is 224 g/mol. The molecule has 0 aliphatic carbocycles. The minimum Gasteiger partial charge on any atom is -0.461 e. The summed E-state index contributed by atoms with van der Waals surface area (Å²) in [5, 5.41) is 8.59. The van der Waals surface area contributed by atoms with Crippen LogP contribution in [-0.2, 0) is 0 Å². The number of carbonyl (C=O) groups excluding carboxylic acids is 1. The molecule has 0 bridgehead atoms. The van der Waals surface area contributed by atoms with E-state index in [1.807, 2.05) is 24.3 Å².